The van der Waals surface area contributed by atoms with Gasteiger partial charge in [0.25, 0.3) is 0 Å². The van der Waals surface area contributed by atoms with Crippen LogP contribution in [-0.2, 0) is 4.74 Å². The van der Waals surface area contributed by atoms with Gasteiger partial charge >= 0.3 is 11.9 Å². The summed E-state index contributed by atoms with van der Waals surface area (Å²) in [6.07, 6.45) is 1.29. The first-order valence-electron chi connectivity index (χ1n) is 6.13. The van der Waals surface area contributed by atoms with Gasteiger partial charge in [0.1, 0.15) is 11.4 Å². The molecule has 1 aromatic carbocycles. The molecular formula is C15H12FNO5. The minimum Gasteiger partial charge on any atom is -0.480 e. The van der Waals surface area contributed by atoms with Crippen LogP contribution >= 0.6 is 0 Å². The number of hydrogen-bond donors (Lipinski definition) is 1. The van der Waals surface area contributed by atoms with Crippen molar-refractivity contribution in [3.63, 3.8) is 0 Å². The number of ether oxygens (including phenoxy) is 2. The lowest BCUT2D eigenvalue weighted by Crippen LogP contribution is -2.04. The van der Waals surface area contributed by atoms with Gasteiger partial charge in [-0.05, 0) is 18.2 Å². The second kappa shape index (κ2) is 6.21. The summed E-state index contributed by atoms with van der Waals surface area (Å²) < 4.78 is 23.5. The number of nitrogens with zero attached hydrogens (tertiary/aromatic N) is 1. The maximum atomic E-state index is 14.1. The molecular weight excluding hydrogens is 293 g/mol. The van der Waals surface area contributed by atoms with E-state index in [0.717, 1.165) is 6.07 Å². The first-order chi connectivity index (χ1) is 10.5. The van der Waals surface area contributed by atoms with E-state index in [4.69, 9.17) is 9.84 Å². The normalized spacial score (nSPS) is 10.1. The molecule has 0 bridgehead atoms. The van der Waals surface area contributed by atoms with Gasteiger partial charge in [-0.15, -0.1) is 0 Å². The number of benzene rings is 1. The lowest BCUT2D eigenvalue weighted by atomic mass is 10.0. The molecule has 114 valence electrons. The Morgan fingerprint density at radius 3 is 2.50 bits per heavy atom. The van der Waals surface area contributed by atoms with Crippen molar-refractivity contribution in [3.05, 3.63) is 47.4 Å². The van der Waals surface area contributed by atoms with Crippen LogP contribution < -0.4 is 4.74 Å². The number of hydrogen-bond acceptors (Lipinski definition) is 5. The molecule has 1 aromatic heterocycles. The summed E-state index contributed by atoms with van der Waals surface area (Å²) in [6.45, 7) is 0. The molecule has 0 aliphatic heterocycles. The summed E-state index contributed by atoms with van der Waals surface area (Å²) in [5.41, 5.74) is 0.248. The summed E-state index contributed by atoms with van der Waals surface area (Å²) in [7, 11) is 2.49. The number of aromatic nitrogens is 1. The highest BCUT2D eigenvalue weighted by Crippen LogP contribution is 2.27. The maximum absolute atomic E-state index is 14.1. The minimum absolute atomic E-state index is 0.0590. The Bertz CT molecular complexity index is 745. The molecule has 0 aliphatic rings. The molecule has 0 spiro atoms. The van der Waals surface area contributed by atoms with Crippen LogP contribution in [0.3, 0.4) is 0 Å². The highest BCUT2D eigenvalue weighted by molar-refractivity contribution is 5.92. The van der Waals surface area contributed by atoms with E-state index >= 15 is 0 Å². The van der Waals surface area contributed by atoms with Crippen LogP contribution in [-0.4, -0.2) is 36.2 Å². The fourth-order valence-electron chi connectivity index (χ4n) is 1.91. The summed E-state index contributed by atoms with van der Waals surface area (Å²) in [6, 6.07) is 5.02. The molecule has 0 saturated heterocycles. The van der Waals surface area contributed by atoms with Crippen LogP contribution in [0.5, 0.6) is 5.88 Å². The van der Waals surface area contributed by atoms with Crippen molar-refractivity contribution in [2.24, 2.45) is 0 Å². The average molecular weight is 305 g/mol. The van der Waals surface area contributed by atoms with Gasteiger partial charge in [0, 0.05) is 17.3 Å². The first kappa shape index (κ1) is 15.4. The van der Waals surface area contributed by atoms with E-state index in [9.17, 15) is 14.0 Å². The van der Waals surface area contributed by atoms with Crippen LogP contribution in [0.25, 0.3) is 11.1 Å². The third-order valence-electron chi connectivity index (χ3n) is 2.98. The molecule has 2 rings (SSSR count). The molecule has 0 unspecified atom stereocenters. The number of carbonyl (C=O) groups excluding carboxylic acids is 1. The molecule has 0 fully saturated rings. The molecule has 1 heterocycles. The van der Waals surface area contributed by atoms with E-state index in [0.29, 0.717) is 0 Å². The van der Waals surface area contributed by atoms with Gasteiger partial charge in [-0.3, -0.25) is 0 Å². The predicted molar refractivity (Wildman–Crippen MR) is 74.5 cm³/mol. The van der Waals surface area contributed by atoms with E-state index in [1.54, 1.807) is 0 Å². The summed E-state index contributed by atoms with van der Waals surface area (Å²) in [5, 5.41) is 9.11. The topological polar surface area (TPSA) is 85.7 Å². The number of pyridine rings is 1. The Labute approximate surface area is 125 Å². The quantitative estimate of drug-likeness (QED) is 0.873. The van der Waals surface area contributed by atoms with Crippen molar-refractivity contribution in [1.29, 1.82) is 0 Å². The third-order valence-corrected chi connectivity index (χ3v) is 2.98. The number of carboxylic acids is 1. The van der Waals surface area contributed by atoms with Gasteiger partial charge in [0.15, 0.2) is 0 Å². The highest BCUT2D eigenvalue weighted by atomic mass is 19.1. The van der Waals surface area contributed by atoms with Crippen LogP contribution in [0, 0.1) is 5.82 Å². The van der Waals surface area contributed by atoms with Gasteiger partial charge in [-0.25, -0.2) is 19.0 Å². The van der Waals surface area contributed by atoms with Crippen molar-refractivity contribution >= 4 is 11.9 Å². The summed E-state index contributed by atoms with van der Waals surface area (Å²) in [4.78, 5) is 26.3. The van der Waals surface area contributed by atoms with E-state index in [2.05, 4.69) is 9.72 Å². The van der Waals surface area contributed by atoms with Crippen molar-refractivity contribution in [3.8, 4) is 17.0 Å². The predicted octanol–water partition coefficient (Wildman–Crippen LogP) is 2.38. The summed E-state index contributed by atoms with van der Waals surface area (Å²) >= 11 is 0. The number of halogens is 1. The van der Waals surface area contributed by atoms with Crippen LogP contribution in [0.2, 0.25) is 0 Å². The van der Waals surface area contributed by atoms with Crippen LogP contribution in [0.15, 0.2) is 30.5 Å². The SMILES string of the molecule is COC(=O)c1ccc(-c2cnc(OC)c(C(=O)O)c2)c(F)c1. The van der Waals surface area contributed by atoms with Gasteiger partial charge in [-0.2, -0.15) is 0 Å². The molecule has 22 heavy (non-hydrogen) atoms. The van der Waals surface area contributed by atoms with Crippen LogP contribution in [0.1, 0.15) is 20.7 Å². The molecule has 6 nitrogen and oxygen atoms in total. The average Bonchev–Trinajstić information content (AvgIpc) is 2.53. The van der Waals surface area contributed by atoms with Crippen molar-refractivity contribution in [2.75, 3.05) is 14.2 Å². The van der Waals surface area contributed by atoms with Gasteiger partial charge < -0.3 is 14.6 Å². The molecule has 0 saturated carbocycles. The Hall–Kier alpha value is -2.96. The van der Waals surface area contributed by atoms with Crippen molar-refractivity contribution in [2.45, 2.75) is 0 Å². The van der Waals surface area contributed by atoms with E-state index in [-0.39, 0.29) is 28.1 Å². The molecule has 0 amide bonds. The molecule has 7 heteroatoms. The highest BCUT2D eigenvalue weighted by Gasteiger charge is 2.16. The lowest BCUT2D eigenvalue weighted by molar-refractivity contribution is 0.0599. The zero-order chi connectivity index (χ0) is 16.3. The standard InChI is InChI=1S/C15H12FNO5/c1-21-13-11(14(18)19)5-9(7-17-13)10-4-3-8(6-12(10)16)15(20)22-2/h3-7H,1-2H3,(H,18,19). The molecule has 0 aliphatic carbocycles. The number of aromatic carboxylic acids is 1. The van der Waals surface area contributed by atoms with Gasteiger partial charge in [0.2, 0.25) is 5.88 Å². The number of rotatable bonds is 4. The van der Waals surface area contributed by atoms with E-state index < -0.39 is 17.8 Å². The number of carboxylic acid groups (broad SMARTS) is 1. The van der Waals surface area contributed by atoms with Crippen molar-refractivity contribution < 1.29 is 28.6 Å². The minimum atomic E-state index is -1.24. The largest absolute Gasteiger partial charge is 0.480 e. The Balaban J connectivity index is 2.50. The van der Waals surface area contributed by atoms with Crippen molar-refractivity contribution in [1.82, 2.24) is 4.98 Å². The molecule has 2 aromatic rings. The molecule has 1 N–H and O–H groups in total. The fraction of sp³-hybridized carbons (Fsp3) is 0.133. The van der Waals surface area contributed by atoms with Crippen LogP contribution in [0.4, 0.5) is 4.39 Å². The summed E-state index contributed by atoms with van der Waals surface area (Å²) in [5.74, 6) is -2.66. The van der Waals surface area contributed by atoms with Gasteiger partial charge in [-0.1, -0.05) is 6.07 Å². The molecule has 0 atom stereocenters. The molecule has 0 radical (unpaired) electrons. The zero-order valence-corrected chi connectivity index (χ0v) is 11.8. The number of carbonyl (C=O) groups is 2. The number of methoxy groups -OCH3 is 2. The zero-order valence-electron chi connectivity index (χ0n) is 11.8. The fourth-order valence-corrected chi connectivity index (χ4v) is 1.91. The lowest BCUT2D eigenvalue weighted by Gasteiger charge is -2.08. The Morgan fingerprint density at radius 1 is 1.23 bits per heavy atom. The van der Waals surface area contributed by atoms with E-state index in [1.807, 2.05) is 0 Å². The second-order valence-corrected chi connectivity index (χ2v) is 4.27. The van der Waals surface area contributed by atoms with E-state index in [1.165, 1.54) is 38.6 Å². The monoisotopic (exact) mass is 305 g/mol. The first-order valence-corrected chi connectivity index (χ1v) is 6.13. The Kier molecular flexibility index (Phi) is 4.36. The number of esters is 1. The van der Waals surface area contributed by atoms with Gasteiger partial charge in [0.05, 0.1) is 19.8 Å². The Morgan fingerprint density at radius 2 is 1.95 bits per heavy atom. The maximum Gasteiger partial charge on any atom is 0.341 e. The smallest absolute Gasteiger partial charge is 0.341 e. The second-order valence-electron chi connectivity index (χ2n) is 4.27. The third kappa shape index (κ3) is 2.88.